The zero-order valence-electron chi connectivity index (χ0n) is 13.9. The second-order valence-electron chi connectivity index (χ2n) is 5.76. The molecule has 1 amide bonds. The fourth-order valence-electron chi connectivity index (χ4n) is 2.80. The van der Waals surface area contributed by atoms with Crippen LogP contribution in [0.25, 0.3) is 22.1 Å². The molecule has 0 fully saturated rings. The van der Waals surface area contributed by atoms with E-state index in [2.05, 4.69) is 15.3 Å². The van der Waals surface area contributed by atoms with E-state index >= 15 is 0 Å². The Labute approximate surface area is 148 Å². The maximum absolute atomic E-state index is 12.3. The molecule has 25 heavy (non-hydrogen) atoms. The normalized spacial score (nSPS) is 11.3. The molecule has 0 bridgehead atoms. The van der Waals surface area contributed by atoms with Crippen molar-refractivity contribution in [1.82, 2.24) is 19.1 Å². The zero-order chi connectivity index (χ0) is 17.4. The number of amides is 1. The van der Waals surface area contributed by atoms with E-state index < -0.39 is 0 Å². The number of imidazole rings is 2. The Bertz CT molecular complexity index is 1080. The van der Waals surface area contributed by atoms with E-state index in [9.17, 15) is 4.79 Å². The molecular formula is C18H17N5OS. The van der Waals surface area contributed by atoms with Crippen molar-refractivity contribution in [2.75, 3.05) is 11.1 Å². The van der Waals surface area contributed by atoms with Crippen LogP contribution < -0.4 is 5.32 Å². The van der Waals surface area contributed by atoms with Crippen molar-refractivity contribution in [3.8, 4) is 0 Å². The van der Waals surface area contributed by atoms with Gasteiger partial charge in [0.05, 0.1) is 27.8 Å². The number of aryl methyl sites for hydroxylation is 2. The van der Waals surface area contributed by atoms with Crippen LogP contribution in [0.15, 0.2) is 53.7 Å². The highest BCUT2D eigenvalue weighted by molar-refractivity contribution is 7.99. The Morgan fingerprint density at radius 1 is 0.960 bits per heavy atom. The Kier molecular flexibility index (Phi) is 3.93. The maximum atomic E-state index is 12.3. The lowest BCUT2D eigenvalue weighted by molar-refractivity contribution is -0.113. The van der Waals surface area contributed by atoms with Crippen LogP contribution in [0, 0.1) is 0 Å². The molecule has 0 aliphatic heterocycles. The summed E-state index contributed by atoms with van der Waals surface area (Å²) in [5.74, 6) is 0.729. The van der Waals surface area contributed by atoms with Gasteiger partial charge in [0.15, 0.2) is 5.16 Å². The lowest BCUT2D eigenvalue weighted by atomic mass is 10.3. The third-order valence-corrected chi connectivity index (χ3v) is 5.15. The van der Waals surface area contributed by atoms with Gasteiger partial charge in [-0.3, -0.25) is 10.1 Å². The number of nitrogens with zero attached hydrogens (tertiary/aromatic N) is 4. The summed E-state index contributed by atoms with van der Waals surface area (Å²) in [6, 6.07) is 15.7. The smallest absolute Gasteiger partial charge is 0.237 e. The molecule has 4 rings (SSSR count). The molecule has 0 spiro atoms. The molecule has 0 aliphatic carbocycles. The minimum absolute atomic E-state index is 0.101. The van der Waals surface area contributed by atoms with Crippen molar-refractivity contribution >= 4 is 45.7 Å². The number of nitrogens with one attached hydrogen (secondary N) is 1. The van der Waals surface area contributed by atoms with Crippen molar-refractivity contribution < 1.29 is 4.79 Å². The molecule has 2 heterocycles. The summed E-state index contributed by atoms with van der Waals surface area (Å²) >= 11 is 1.42. The van der Waals surface area contributed by atoms with E-state index in [1.54, 1.807) is 0 Å². The molecule has 126 valence electrons. The van der Waals surface area contributed by atoms with Crippen molar-refractivity contribution in [3.63, 3.8) is 0 Å². The third kappa shape index (κ3) is 2.87. The van der Waals surface area contributed by atoms with Crippen molar-refractivity contribution in [2.45, 2.75) is 5.16 Å². The monoisotopic (exact) mass is 351 g/mol. The Balaban J connectivity index is 1.48. The molecule has 0 unspecified atom stereocenters. The van der Waals surface area contributed by atoms with Crippen LogP contribution in [0.1, 0.15) is 0 Å². The van der Waals surface area contributed by atoms with Crippen LogP contribution in [0.5, 0.6) is 0 Å². The summed E-state index contributed by atoms with van der Waals surface area (Å²) in [6.07, 6.45) is 0. The summed E-state index contributed by atoms with van der Waals surface area (Å²) in [4.78, 5) is 21.3. The number of fused-ring (bicyclic) bond motifs is 2. The van der Waals surface area contributed by atoms with E-state index in [0.29, 0.717) is 5.95 Å². The number of anilines is 1. The fraction of sp³-hybridized carbons (Fsp3) is 0.167. The van der Waals surface area contributed by atoms with Crippen molar-refractivity contribution in [1.29, 1.82) is 0 Å². The third-order valence-electron chi connectivity index (χ3n) is 4.12. The van der Waals surface area contributed by atoms with Gasteiger partial charge in [0.2, 0.25) is 11.9 Å². The number of para-hydroxylation sites is 4. The highest BCUT2D eigenvalue weighted by atomic mass is 32.2. The molecule has 0 saturated carbocycles. The van der Waals surface area contributed by atoms with Crippen LogP contribution in [0.2, 0.25) is 0 Å². The van der Waals surface area contributed by atoms with Crippen LogP contribution in [-0.2, 0) is 18.9 Å². The van der Waals surface area contributed by atoms with Gasteiger partial charge in [0.25, 0.3) is 0 Å². The van der Waals surface area contributed by atoms with E-state index in [1.807, 2.05) is 71.8 Å². The number of thioether (sulfide) groups is 1. The SMILES string of the molecule is Cn1c(NC(=O)CSc2nc3ccccc3n2C)nc2ccccc21. The molecule has 6 nitrogen and oxygen atoms in total. The lowest BCUT2D eigenvalue weighted by Gasteiger charge is -2.05. The van der Waals surface area contributed by atoms with Crippen LogP contribution in [0.4, 0.5) is 5.95 Å². The summed E-state index contributed by atoms with van der Waals surface area (Å²) in [6.45, 7) is 0. The van der Waals surface area contributed by atoms with Crippen molar-refractivity contribution in [2.24, 2.45) is 14.1 Å². The van der Waals surface area contributed by atoms with Crippen LogP contribution in [-0.4, -0.2) is 30.8 Å². The highest BCUT2D eigenvalue weighted by Crippen LogP contribution is 2.23. The van der Waals surface area contributed by atoms with E-state index in [0.717, 1.165) is 27.2 Å². The summed E-state index contributed by atoms with van der Waals surface area (Å²) in [5, 5.41) is 3.70. The van der Waals surface area contributed by atoms with Crippen LogP contribution in [0.3, 0.4) is 0 Å². The van der Waals surface area contributed by atoms with E-state index in [-0.39, 0.29) is 11.7 Å². The first-order valence-corrected chi connectivity index (χ1v) is 8.87. The van der Waals surface area contributed by atoms with E-state index in [4.69, 9.17) is 0 Å². The average molecular weight is 351 g/mol. The van der Waals surface area contributed by atoms with Gasteiger partial charge in [0.1, 0.15) is 0 Å². The second kappa shape index (κ2) is 6.25. The summed E-state index contributed by atoms with van der Waals surface area (Å²) < 4.78 is 3.88. The summed E-state index contributed by atoms with van der Waals surface area (Å²) in [5.41, 5.74) is 3.84. The van der Waals surface area contributed by atoms with Gasteiger partial charge in [0, 0.05) is 14.1 Å². The molecule has 2 aromatic carbocycles. The largest absolute Gasteiger partial charge is 0.322 e. The number of carbonyl (C=O) groups excluding carboxylic acids is 1. The second-order valence-corrected chi connectivity index (χ2v) is 6.70. The number of hydrogen-bond donors (Lipinski definition) is 1. The topological polar surface area (TPSA) is 64.7 Å². The standard InChI is InChI=1S/C18H17N5OS/c1-22-14-9-5-3-7-12(14)19-17(22)21-16(24)11-25-18-20-13-8-4-6-10-15(13)23(18)2/h3-10H,11H2,1-2H3,(H,19,21,24). The predicted molar refractivity (Wildman–Crippen MR) is 101 cm³/mol. The predicted octanol–water partition coefficient (Wildman–Crippen LogP) is 3.19. The van der Waals surface area contributed by atoms with Gasteiger partial charge in [-0.1, -0.05) is 36.0 Å². The molecular weight excluding hydrogens is 334 g/mol. The Hall–Kier alpha value is -2.80. The first kappa shape index (κ1) is 15.7. The molecule has 2 aromatic heterocycles. The van der Waals surface area contributed by atoms with Gasteiger partial charge in [-0.05, 0) is 24.3 Å². The molecule has 0 saturated heterocycles. The van der Waals surface area contributed by atoms with Crippen molar-refractivity contribution in [3.05, 3.63) is 48.5 Å². The van der Waals surface area contributed by atoms with Gasteiger partial charge in [-0.2, -0.15) is 0 Å². The number of aromatic nitrogens is 4. The minimum atomic E-state index is -0.101. The highest BCUT2D eigenvalue weighted by Gasteiger charge is 2.13. The quantitative estimate of drug-likeness (QED) is 0.574. The molecule has 4 aromatic rings. The van der Waals surface area contributed by atoms with E-state index in [1.165, 1.54) is 11.8 Å². The van der Waals surface area contributed by atoms with Gasteiger partial charge < -0.3 is 9.13 Å². The molecule has 7 heteroatoms. The Morgan fingerprint density at radius 3 is 2.20 bits per heavy atom. The molecule has 0 radical (unpaired) electrons. The van der Waals surface area contributed by atoms with Gasteiger partial charge >= 0.3 is 0 Å². The fourth-order valence-corrected chi connectivity index (χ4v) is 3.59. The van der Waals surface area contributed by atoms with Gasteiger partial charge in [-0.15, -0.1) is 0 Å². The minimum Gasteiger partial charge on any atom is -0.322 e. The number of rotatable bonds is 4. The molecule has 1 N–H and O–H groups in total. The van der Waals surface area contributed by atoms with Crippen LogP contribution >= 0.6 is 11.8 Å². The number of benzene rings is 2. The lowest BCUT2D eigenvalue weighted by Crippen LogP contribution is -2.17. The number of hydrogen-bond acceptors (Lipinski definition) is 4. The summed E-state index contributed by atoms with van der Waals surface area (Å²) in [7, 11) is 3.85. The first-order chi connectivity index (χ1) is 12.1. The molecule has 0 atom stereocenters. The first-order valence-electron chi connectivity index (χ1n) is 7.89. The van der Waals surface area contributed by atoms with Gasteiger partial charge in [-0.25, -0.2) is 9.97 Å². The molecule has 0 aliphatic rings. The Morgan fingerprint density at radius 2 is 1.56 bits per heavy atom. The maximum Gasteiger partial charge on any atom is 0.237 e. The number of carbonyl (C=O) groups is 1. The zero-order valence-corrected chi connectivity index (χ0v) is 14.7. The average Bonchev–Trinajstić information content (AvgIpc) is 3.11.